The maximum absolute atomic E-state index is 14.0. The number of carbonyl (C=O) groups is 4. The molecule has 18 heteroatoms. The average molecular weight is 991 g/mol. The number of β-amino-alcohol motifs (C(OH)–C–C–N with tert-alkyl or cyclic N) is 1. The molecule has 1 aromatic rings. The van der Waals surface area contributed by atoms with Gasteiger partial charge in [0.1, 0.15) is 24.4 Å². The lowest BCUT2D eigenvalue weighted by Crippen LogP contribution is -2.67. The minimum absolute atomic E-state index is 0.00950. The van der Waals surface area contributed by atoms with Gasteiger partial charge in [-0.25, -0.2) is 0 Å². The molecule has 70 heavy (non-hydrogen) atoms. The van der Waals surface area contributed by atoms with Crippen molar-refractivity contribution in [1.29, 1.82) is 0 Å². The Morgan fingerprint density at radius 3 is 2.20 bits per heavy atom. The van der Waals surface area contributed by atoms with Crippen molar-refractivity contribution in [2.45, 2.75) is 186 Å². The highest BCUT2D eigenvalue weighted by atomic mass is 16.7. The Balaban J connectivity index is 1.81. The third-order valence-electron chi connectivity index (χ3n) is 13.8. The zero-order valence-corrected chi connectivity index (χ0v) is 43.7. The van der Waals surface area contributed by atoms with Crippen molar-refractivity contribution in [2.75, 3.05) is 55.1 Å². The van der Waals surface area contributed by atoms with E-state index >= 15 is 0 Å². The number of aliphatic hydroxyl groups excluding tert-OH is 2. The lowest BCUT2D eigenvalue weighted by Gasteiger charge is -2.53. The normalized spacial score (nSPS) is 35.1. The predicted octanol–water partition coefficient (Wildman–Crippen LogP) is 4.27. The van der Waals surface area contributed by atoms with Crippen molar-refractivity contribution >= 4 is 23.9 Å². The van der Waals surface area contributed by atoms with E-state index in [1.165, 1.54) is 28.3 Å². The van der Waals surface area contributed by atoms with Gasteiger partial charge in [0, 0.05) is 78.5 Å². The summed E-state index contributed by atoms with van der Waals surface area (Å²) >= 11 is 0. The molecule has 3 aliphatic heterocycles. The Morgan fingerprint density at radius 1 is 0.943 bits per heavy atom. The summed E-state index contributed by atoms with van der Waals surface area (Å²) in [5.74, 6) is 2.42. The molecule has 3 fully saturated rings. The summed E-state index contributed by atoms with van der Waals surface area (Å²) in [6, 6.07) is 8.85. The van der Waals surface area contributed by atoms with Crippen LogP contribution in [0.4, 0.5) is 0 Å². The molecule has 3 saturated heterocycles. The van der Waals surface area contributed by atoms with Crippen LogP contribution in [0.1, 0.15) is 106 Å². The van der Waals surface area contributed by atoms with Crippen LogP contribution in [0.3, 0.4) is 0 Å². The van der Waals surface area contributed by atoms with Crippen LogP contribution in [0, 0.1) is 29.6 Å². The number of aliphatic hydroxyl groups is 2. The fraction of sp³-hybridized carbons (Fsp3) is 0.769. The fourth-order valence-corrected chi connectivity index (χ4v) is 10.3. The number of nitrogens with zero attached hydrogens (tertiary/aromatic N) is 2. The number of esters is 4. The van der Waals surface area contributed by atoms with Crippen molar-refractivity contribution in [3.05, 3.63) is 35.9 Å². The standard InChI is InChI=1S/C52H82N2O16/c1-14-40(57)67-39-28-42(59)64-32(4)23-25-54(24-19-22-36-20-17-16-18-21-36)30-38(56)31(3)26-37(27-43(61-11)62-12)45(49(39)63-13)50-47(60)46(53(9)10)48(33(5)66-50)69-44-29-52(8,70-35(7)55)51(34(6)65-44)68-41(58)15-2/h16-18,20-21,31-34,37-39,43-51,56,60H,14-15,23-30H2,1-13H3/t31-,32-,33-,34+,37-,38+,39-,44+,45+,46-,47-,48-,49-,50+,51+,52-/m1/s1. The van der Waals surface area contributed by atoms with Gasteiger partial charge in [-0.05, 0) is 78.6 Å². The van der Waals surface area contributed by atoms with Gasteiger partial charge in [0.05, 0.1) is 49.5 Å². The van der Waals surface area contributed by atoms with Crippen LogP contribution in [0.25, 0.3) is 0 Å². The summed E-state index contributed by atoms with van der Waals surface area (Å²) in [5.41, 5.74) is -0.463. The van der Waals surface area contributed by atoms with Crippen molar-refractivity contribution in [2.24, 2.45) is 17.8 Å². The summed E-state index contributed by atoms with van der Waals surface area (Å²) in [5, 5.41) is 25.0. The molecular weight excluding hydrogens is 909 g/mol. The first-order chi connectivity index (χ1) is 33.2. The smallest absolute Gasteiger partial charge is 0.309 e. The van der Waals surface area contributed by atoms with Crippen molar-refractivity contribution < 1.29 is 76.8 Å². The third kappa shape index (κ3) is 16.4. The van der Waals surface area contributed by atoms with E-state index in [0.29, 0.717) is 25.9 Å². The van der Waals surface area contributed by atoms with Crippen LogP contribution >= 0.6 is 0 Å². The highest BCUT2D eigenvalue weighted by molar-refractivity contribution is 5.73. The Bertz CT molecular complexity index is 1860. The topological polar surface area (TPSA) is 208 Å². The Kier molecular flexibility index (Phi) is 23.5. The number of ether oxygens (including phenoxy) is 10. The molecule has 0 unspecified atom stereocenters. The van der Waals surface area contributed by atoms with Gasteiger partial charge < -0.3 is 62.5 Å². The van der Waals surface area contributed by atoms with Crippen LogP contribution in [-0.4, -0.2) is 184 Å². The molecule has 396 valence electrons. The van der Waals surface area contributed by atoms with Gasteiger partial charge in [-0.2, -0.15) is 0 Å². The summed E-state index contributed by atoms with van der Waals surface area (Å²) in [6.45, 7) is 14.6. The molecule has 0 radical (unpaired) electrons. The number of carbonyl (C=O) groups excluding carboxylic acids is 4. The monoisotopic (exact) mass is 991 g/mol. The van der Waals surface area contributed by atoms with Crippen LogP contribution in [0.15, 0.2) is 30.3 Å². The van der Waals surface area contributed by atoms with Gasteiger partial charge >= 0.3 is 23.9 Å². The van der Waals surface area contributed by atoms with E-state index in [1.54, 1.807) is 48.7 Å². The molecule has 0 amide bonds. The molecule has 16 atom stereocenters. The van der Waals surface area contributed by atoms with Gasteiger partial charge in [0.15, 0.2) is 24.3 Å². The second-order valence-corrected chi connectivity index (χ2v) is 19.5. The largest absolute Gasteiger partial charge is 0.463 e. The number of methoxy groups -OCH3 is 3. The highest BCUT2D eigenvalue weighted by Crippen LogP contribution is 2.43. The quantitative estimate of drug-likeness (QED) is 0.109. The van der Waals surface area contributed by atoms with E-state index < -0.39 is 121 Å². The molecule has 3 heterocycles. The van der Waals surface area contributed by atoms with Crippen LogP contribution in [-0.2, 0) is 66.5 Å². The molecule has 0 aromatic heterocycles. The third-order valence-corrected chi connectivity index (χ3v) is 13.8. The minimum Gasteiger partial charge on any atom is -0.463 e. The van der Waals surface area contributed by atoms with Crippen LogP contribution < -0.4 is 0 Å². The molecule has 18 nitrogen and oxygen atoms in total. The fourth-order valence-electron chi connectivity index (χ4n) is 10.3. The number of hydrogen-bond acceptors (Lipinski definition) is 18. The molecular formula is C52H82N2O16. The summed E-state index contributed by atoms with van der Waals surface area (Å²) in [4.78, 5) is 56.1. The number of rotatable bonds is 15. The van der Waals surface area contributed by atoms with Crippen molar-refractivity contribution in [3.8, 4) is 11.8 Å². The predicted molar refractivity (Wildman–Crippen MR) is 257 cm³/mol. The molecule has 4 rings (SSSR count). The first-order valence-electron chi connectivity index (χ1n) is 24.8. The first kappa shape index (κ1) is 58.8. The molecule has 2 N–H and O–H groups in total. The number of cyclic esters (lactones) is 1. The molecule has 0 bridgehead atoms. The highest BCUT2D eigenvalue weighted by Gasteiger charge is 2.56. The summed E-state index contributed by atoms with van der Waals surface area (Å²) < 4.78 is 61.7. The number of benzene rings is 1. The number of hydrogen-bond donors (Lipinski definition) is 2. The zero-order chi connectivity index (χ0) is 51.9. The van der Waals surface area contributed by atoms with Gasteiger partial charge in [-0.15, -0.1) is 0 Å². The van der Waals surface area contributed by atoms with Gasteiger partial charge in [0.25, 0.3) is 0 Å². The lowest BCUT2D eigenvalue weighted by atomic mass is 9.70. The lowest BCUT2D eigenvalue weighted by molar-refractivity contribution is -0.320. The minimum atomic E-state index is -1.33. The van der Waals surface area contributed by atoms with Crippen LogP contribution in [0.5, 0.6) is 0 Å². The Hall–Kier alpha value is -3.74. The summed E-state index contributed by atoms with van der Waals surface area (Å²) in [6.07, 6.45) is -10.5. The average Bonchev–Trinajstić information content (AvgIpc) is 3.30. The van der Waals surface area contributed by atoms with Gasteiger partial charge in [-0.1, -0.05) is 50.8 Å². The van der Waals surface area contributed by atoms with E-state index in [0.717, 1.165) is 5.56 Å². The maximum Gasteiger partial charge on any atom is 0.309 e. The van der Waals surface area contributed by atoms with Gasteiger partial charge in [0.2, 0.25) is 0 Å². The molecule has 0 spiro atoms. The molecule has 3 aliphatic rings. The molecule has 1 aromatic carbocycles. The second kappa shape index (κ2) is 27.9. The van der Waals surface area contributed by atoms with Crippen molar-refractivity contribution in [1.82, 2.24) is 9.80 Å². The van der Waals surface area contributed by atoms with E-state index in [1.807, 2.05) is 54.0 Å². The SMILES string of the molecule is CCC(=O)O[C@@H]1CC(=O)O[C@H](C)CCN(CC#Cc2ccccc2)C[C@H](O)[C@H](C)C[C@H](CC(OC)OC)[C@H]([C@@H]2O[C@H](C)[C@@H](O[C@H]3C[C@@](C)(OC(C)=O)[C@@H](OC(=O)CC)[C@H](C)O3)[C@H](N(C)C)[C@H]2O)[C@@H]1OC. The Morgan fingerprint density at radius 2 is 1.60 bits per heavy atom. The second-order valence-electron chi connectivity index (χ2n) is 19.5. The molecule has 0 saturated carbocycles. The number of likely N-dealkylation sites (N-methyl/N-ethyl adjacent to an activating group) is 1. The van der Waals surface area contributed by atoms with Gasteiger partial charge in [-0.3, -0.25) is 24.1 Å². The molecule has 0 aliphatic carbocycles. The van der Waals surface area contributed by atoms with E-state index in [4.69, 9.17) is 47.4 Å². The Labute approximate surface area is 415 Å². The zero-order valence-electron chi connectivity index (χ0n) is 43.7. The van der Waals surface area contributed by atoms with E-state index in [-0.39, 0.29) is 44.6 Å². The van der Waals surface area contributed by atoms with Crippen LogP contribution in [0.2, 0.25) is 0 Å². The van der Waals surface area contributed by atoms with E-state index in [2.05, 4.69) is 11.8 Å². The van der Waals surface area contributed by atoms with Crippen molar-refractivity contribution in [3.63, 3.8) is 0 Å². The first-order valence-corrected chi connectivity index (χ1v) is 24.8. The van der Waals surface area contributed by atoms with E-state index in [9.17, 15) is 29.4 Å². The maximum atomic E-state index is 14.0. The summed E-state index contributed by atoms with van der Waals surface area (Å²) in [7, 11) is 8.11.